The maximum atomic E-state index is 12.9. The van der Waals surface area contributed by atoms with Crippen LogP contribution in [-0.2, 0) is 10.2 Å². The van der Waals surface area contributed by atoms with Gasteiger partial charge in [0.2, 0.25) is 0 Å². The standard InChI is InChI=1S/C22H30N2O2/c1-16-2-4-19(5-3-16)21-11-17-10-18(12-21)14-22(13-17,15-21)23-20(25)24-6-8-26-9-7-24/h2-5,17-18H,6-15H2,1H3,(H,23,25)/t17-,18-,21?,22?/m1/s1. The van der Waals surface area contributed by atoms with Crippen molar-refractivity contribution in [2.45, 2.75) is 56.4 Å². The fraction of sp³-hybridized carbons (Fsp3) is 0.682. The van der Waals surface area contributed by atoms with Gasteiger partial charge in [-0.05, 0) is 68.3 Å². The molecule has 4 aliphatic carbocycles. The summed E-state index contributed by atoms with van der Waals surface area (Å²) in [6.07, 6.45) is 7.44. The minimum absolute atomic E-state index is 0.00432. The van der Waals surface area contributed by atoms with E-state index in [4.69, 9.17) is 4.74 Å². The van der Waals surface area contributed by atoms with Crippen molar-refractivity contribution in [2.75, 3.05) is 26.3 Å². The molecule has 0 aromatic heterocycles. The van der Waals surface area contributed by atoms with Crippen LogP contribution in [0.3, 0.4) is 0 Å². The molecule has 1 aliphatic heterocycles. The van der Waals surface area contributed by atoms with Crippen molar-refractivity contribution in [1.82, 2.24) is 10.2 Å². The molecule has 2 atom stereocenters. The molecular weight excluding hydrogens is 324 g/mol. The summed E-state index contributed by atoms with van der Waals surface area (Å²) in [5.41, 5.74) is 3.11. The number of nitrogens with zero attached hydrogens (tertiary/aromatic N) is 1. The summed E-state index contributed by atoms with van der Waals surface area (Å²) in [6, 6.07) is 9.34. The third-order valence-electron chi connectivity index (χ3n) is 7.40. The number of hydrogen-bond acceptors (Lipinski definition) is 2. The Morgan fingerprint density at radius 1 is 1.08 bits per heavy atom. The molecule has 1 aromatic carbocycles. The van der Waals surface area contributed by atoms with Crippen LogP contribution < -0.4 is 5.32 Å². The molecule has 1 saturated heterocycles. The smallest absolute Gasteiger partial charge is 0.317 e. The molecule has 2 amide bonds. The Bertz CT molecular complexity index is 679. The van der Waals surface area contributed by atoms with E-state index in [1.54, 1.807) is 0 Å². The highest BCUT2D eigenvalue weighted by Crippen LogP contribution is 2.62. The van der Waals surface area contributed by atoms with Gasteiger partial charge in [-0.3, -0.25) is 0 Å². The number of carbonyl (C=O) groups excluding carboxylic acids is 1. The predicted molar refractivity (Wildman–Crippen MR) is 101 cm³/mol. The van der Waals surface area contributed by atoms with Crippen molar-refractivity contribution in [3.8, 4) is 0 Å². The molecule has 4 saturated carbocycles. The molecule has 0 radical (unpaired) electrons. The van der Waals surface area contributed by atoms with Gasteiger partial charge >= 0.3 is 6.03 Å². The molecule has 1 heterocycles. The van der Waals surface area contributed by atoms with Crippen molar-refractivity contribution in [3.63, 3.8) is 0 Å². The van der Waals surface area contributed by atoms with E-state index in [2.05, 4.69) is 36.5 Å². The minimum atomic E-state index is 0.00432. The molecule has 0 spiro atoms. The molecule has 4 heteroatoms. The topological polar surface area (TPSA) is 41.6 Å². The summed E-state index contributed by atoms with van der Waals surface area (Å²) >= 11 is 0. The zero-order valence-corrected chi connectivity index (χ0v) is 15.8. The lowest BCUT2D eigenvalue weighted by Gasteiger charge is -2.62. The van der Waals surface area contributed by atoms with Crippen molar-refractivity contribution in [1.29, 1.82) is 0 Å². The van der Waals surface area contributed by atoms with E-state index < -0.39 is 0 Å². The van der Waals surface area contributed by atoms with Gasteiger partial charge in [-0.15, -0.1) is 0 Å². The lowest BCUT2D eigenvalue weighted by atomic mass is 9.45. The lowest BCUT2D eigenvalue weighted by molar-refractivity contribution is -0.0384. The van der Waals surface area contributed by atoms with E-state index in [0.29, 0.717) is 13.2 Å². The van der Waals surface area contributed by atoms with Crippen LogP contribution in [0, 0.1) is 18.8 Å². The normalized spacial score (nSPS) is 38.4. The first-order valence-corrected chi connectivity index (χ1v) is 10.3. The predicted octanol–water partition coefficient (Wildman–Crippen LogP) is 3.63. The van der Waals surface area contributed by atoms with Crippen LogP contribution in [0.25, 0.3) is 0 Å². The third-order valence-corrected chi connectivity index (χ3v) is 7.40. The molecule has 1 N–H and O–H groups in total. The fourth-order valence-electron chi connectivity index (χ4n) is 6.73. The monoisotopic (exact) mass is 354 g/mol. The minimum Gasteiger partial charge on any atom is -0.378 e. The first kappa shape index (κ1) is 16.6. The second kappa shape index (κ2) is 5.98. The zero-order chi connectivity index (χ0) is 17.8. The summed E-state index contributed by atoms with van der Waals surface area (Å²) in [7, 11) is 0. The highest BCUT2D eigenvalue weighted by Gasteiger charge is 2.58. The number of carbonyl (C=O) groups is 1. The molecule has 5 aliphatic rings. The molecule has 5 fully saturated rings. The van der Waals surface area contributed by atoms with E-state index in [9.17, 15) is 4.79 Å². The number of ether oxygens (including phenoxy) is 1. The highest BCUT2D eigenvalue weighted by atomic mass is 16.5. The van der Waals surface area contributed by atoms with Crippen molar-refractivity contribution >= 4 is 6.03 Å². The van der Waals surface area contributed by atoms with Crippen LogP contribution in [0.1, 0.15) is 49.7 Å². The number of benzene rings is 1. The second-order valence-electron chi connectivity index (χ2n) is 9.42. The van der Waals surface area contributed by atoms with Crippen molar-refractivity contribution in [2.24, 2.45) is 11.8 Å². The van der Waals surface area contributed by atoms with Crippen LogP contribution in [-0.4, -0.2) is 42.8 Å². The maximum absolute atomic E-state index is 12.9. The highest BCUT2D eigenvalue weighted by molar-refractivity contribution is 5.75. The molecule has 140 valence electrons. The zero-order valence-electron chi connectivity index (χ0n) is 15.8. The summed E-state index contributed by atoms with van der Waals surface area (Å²) in [5.74, 6) is 1.53. The molecule has 6 rings (SSSR count). The van der Waals surface area contributed by atoms with Gasteiger partial charge in [-0.1, -0.05) is 29.8 Å². The average Bonchev–Trinajstić information content (AvgIpc) is 2.61. The van der Waals surface area contributed by atoms with Crippen LogP contribution >= 0.6 is 0 Å². The van der Waals surface area contributed by atoms with E-state index >= 15 is 0 Å². The molecule has 1 aromatic rings. The Labute approximate surface area is 156 Å². The van der Waals surface area contributed by atoms with Gasteiger partial charge in [0.25, 0.3) is 0 Å². The van der Waals surface area contributed by atoms with Gasteiger partial charge in [0.05, 0.1) is 13.2 Å². The van der Waals surface area contributed by atoms with E-state index in [1.807, 2.05) is 4.90 Å². The largest absolute Gasteiger partial charge is 0.378 e. The Kier molecular flexibility index (Phi) is 3.82. The summed E-state index contributed by atoms with van der Waals surface area (Å²) in [6.45, 7) is 4.93. The van der Waals surface area contributed by atoms with Gasteiger partial charge in [-0.25, -0.2) is 4.79 Å². The van der Waals surface area contributed by atoms with E-state index in [1.165, 1.54) is 43.2 Å². The number of aryl methyl sites for hydroxylation is 1. The SMILES string of the molecule is Cc1ccc(C23C[C@H]4C[C@@H](CC(NC(=O)N5CCOCC5)(C4)C2)C3)cc1. The number of amides is 2. The summed E-state index contributed by atoms with van der Waals surface area (Å²) < 4.78 is 5.41. The Hall–Kier alpha value is -1.55. The quantitative estimate of drug-likeness (QED) is 0.881. The van der Waals surface area contributed by atoms with E-state index in [0.717, 1.165) is 31.3 Å². The molecule has 4 nitrogen and oxygen atoms in total. The van der Waals surface area contributed by atoms with Gasteiger partial charge < -0.3 is 15.0 Å². The Balaban J connectivity index is 1.41. The molecule has 26 heavy (non-hydrogen) atoms. The van der Waals surface area contributed by atoms with Gasteiger partial charge in [-0.2, -0.15) is 0 Å². The number of morpholine rings is 1. The molecule has 0 unspecified atom stereocenters. The number of hydrogen-bond donors (Lipinski definition) is 1. The molecule has 4 bridgehead atoms. The van der Waals surface area contributed by atoms with Crippen molar-refractivity contribution in [3.05, 3.63) is 35.4 Å². The Morgan fingerprint density at radius 2 is 1.73 bits per heavy atom. The van der Waals surface area contributed by atoms with E-state index in [-0.39, 0.29) is 17.0 Å². The number of urea groups is 1. The summed E-state index contributed by atoms with van der Waals surface area (Å²) in [4.78, 5) is 14.9. The van der Waals surface area contributed by atoms with Crippen LogP contribution in [0.5, 0.6) is 0 Å². The fourth-order valence-corrected chi connectivity index (χ4v) is 6.73. The summed E-state index contributed by atoms with van der Waals surface area (Å²) in [5, 5.41) is 3.53. The maximum Gasteiger partial charge on any atom is 0.317 e. The van der Waals surface area contributed by atoms with Gasteiger partial charge in [0, 0.05) is 18.6 Å². The lowest BCUT2D eigenvalue weighted by Crippen LogP contribution is -2.66. The number of rotatable bonds is 2. The number of nitrogens with one attached hydrogen (secondary N) is 1. The first-order valence-electron chi connectivity index (χ1n) is 10.3. The first-order chi connectivity index (χ1) is 12.6. The second-order valence-corrected chi connectivity index (χ2v) is 9.42. The third kappa shape index (κ3) is 2.74. The van der Waals surface area contributed by atoms with Gasteiger partial charge in [0.15, 0.2) is 0 Å². The van der Waals surface area contributed by atoms with Gasteiger partial charge in [0.1, 0.15) is 0 Å². The Morgan fingerprint density at radius 3 is 2.38 bits per heavy atom. The van der Waals surface area contributed by atoms with Crippen LogP contribution in [0.2, 0.25) is 0 Å². The van der Waals surface area contributed by atoms with Crippen LogP contribution in [0.15, 0.2) is 24.3 Å². The van der Waals surface area contributed by atoms with Crippen molar-refractivity contribution < 1.29 is 9.53 Å². The van der Waals surface area contributed by atoms with Crippen LogP contribution in [0.4, 0.5) is 4.79 Å². The average molecular weight is 354 g/mol. The molecular formula is C22H30N2O2.